The molecule has 134 valence electrons. The van der Waals surface area contributed by atoms with Gasteiger partial charge in [-0.25, -0.2) is 9.69 Å². The van der Waals surface area contributed by atoms with Gasteiger partial charge in [-0.2, -0.15) is 0 Å². The maximum atomic E-state index is 13.0. The first kappa shape index (κ1) is 16.5. The molecule has 4 rings (SSSR count). The van der Waals surface area contributed by atoms with E-state index in [1.165, 1.54) is 4.90 Å². The van der Waals surface area contributed by atoms with Gasteiger partial charge in [-0.1, -0.05) is 13.0 Å². The van der Waals surface area contributed by atoms with Crippen LogP contribution >= 0.6 is 0 Å². The van der Waals surface area contributed by atoms with E-state index in [1.54, 1.807) is 6.20 Å². The van der Waals surface area contributed by atoms with Crippen LogP contribution in [0.25, 0.3) is 0 Å². The first-order chi connectivity index (χ1) is 12.1. The van der Waals surface area contributed by atoms with E-state index in [4.69, 9.17) is 0 Å². The number of carbonyl (C=O) groups excluding carboxylic acids is 2. The van der Waals surface area contributed by atoms with E-state index in [2.05, 4.69) is 28.2 Å². The second kappa shape index (κ2) is 6.41. The highest BCUT2D eigenvalue weighted by Crippen LogP contribution is 2.37. The number of hydrogen-bond donors (Lipinski definition) is 1. The Hall–Kier alpha value is -1.95. The number of amides is 3. The molecule has 2 saturated heterocycles. The Morgan fingerprint density at radius 3 is 2.80 bits per heavy atom. The molecule has 6 nitrogen and oxygen atoms in total. The standard InChI is InChI=1S/C19H26N4O2/c1-14-6-8-19(9-7-14)17(24)23(18(25)21-19)13-22-11-3-5-16(22)15-4-2-10-20-12-15/h2,4,10,12,14,16H,3,5-9,11,13H2,1H3,(H,21,25)/t14?,16-,19?/m1/s1. The number of carbonyl (C=O) groups is 2. The van der Waals surface area contributed by atoms with Crippen LogP contribution in [-0.4, -0.2) is 45.5 Å². The smallest absolute Gasteiger partial charge is 0.323 e. The Balaban J connectivity index is 1.49. The lowest BCUT2D eigenvalue weighted by Crippen LogP contribution is -2.50. The maximum Gasteiger partial charge on any atom is 0.326 e. The van der Waals surface area contributed by atoms with Crippen LogP contribution in [0.4, 0.5) is 4.79 Å². The van der Waals surface area contributed by atoms with Gasteiger partial charge in [0, 0.05) is 25.0 Å². The number of likely N-dealkylation sites (tertiary alicyclic amines) is 1. The fraction of sp³-hybridized carbons (Fsp3) is 0.632. The Labute approximate surface area is 148 Å². The molecular weight excluding hydrogens is 316 g/mol. The Kier molecular flexibility index (Phi) is 4.23. The van der Waals surface area contributed by atoms with Gasteiger partial charge in [-0.15, -0.1) is 0 Å². The molecule has 3 heterocycles. The summed E-state index contributed by atoms with van der Waals surface area (Å²) in [5.74, 6) is 0.610. The Bertz CT molecular complexity index is 655. The summed E-state index contributed by atoms with van der Waals surface area (Å²) in [6.07, 6.45) is 9.31. The van der Waals surface area contributed by atoms with Gasteiger partial charge in [0.05, 0.1) is 6.67 Å². The predicted molar refractivity (Wildman–Crippen MR) is 93.5 cm³/mol. The number of imide groups is 1. The largest absolute Gasteiger partial charge is 0.326 e. The summed E-state index contributed by atoms with van der Waals surface area (Å²) < 4.78 is 0. The SMILES string of the molecule is CC1CCC2(CC1)NC(=O)N(CN1CCC[C@@H]1c1cccnc1)C2=O. The monoisotopic (exact) mass is 342 g/mol. The van der Waals surface area contributed by atoms with E-state index >= 15 is 0 Å². The van der Waals surface area contributed by atoms with Crippen molar-refractivity contribution in [1.82, 2.24) is 20.1 Å². The van der Waals surface area contributed by atoms with Crippen molar-refractivity contribution in [2.45, 2.75) is 57.0 Å². The summed E-state index contributed by atoms with van der Waals surface area (Å²) in [6.45, 7) is 3.50. The van der Waals surface area contributed by atoms with Gasteiger partial charge in [0.2, 0.25) is 0 Å². The molecule has 1 N–H and O–H groups in total. The van der Waals surface area contributed by atoms with E-state index in [1.807, 2.05) is 12.3 Å². The Morgan fingerprint density at radius 2 is 2.08 bits per heavy atom. The lowest BCUT2D eigenvalue weighted by molar-refractivity contribution is -0.134. The van der Waals surface area contributed by atoms with Gasteiger partial charge in [-0.3, -0.25) is 14.7 Å². The van der Waals surface area contributed by atoms with E-state index in [-0.39, 0.29) is 18.0 Å². The topological polar surface area (TPSA) is 65.5 Å². The molecule has 1 atom stereocenters. The quantitative estimate of drug-likeness (QED) is 0.858. The number of urea groups is 1. The van der Waals surface area contributed by atoms with Crippen LogP contribution in [0.5, 0.6) is 0 Å². The summed E-state index contributed by atoms with van der Waals surface area (Å²) in [7, 11) is 0. The van der Waals surface area contributed by atoms with Crippen LogP contribution in [0, 0.1) is 5.92 Å². The number of aromatic nitrogens is 1. The summed E-state index contributed by atoms with van der Waals surface area (Å²) in [6, 6.07) is 4.03. The third-order valence-electron chi connectivity index (χ3n) is 6.13. The number of nitrogens with zero attached hydrogens (tertiary/aromatic N) is 3. The molecule has 0 bridgehead atoms. The molecule has 3 aliphatic rings. The van der Waals surface area contributed by atoms with E-state index in [0.717, 1.165) is 50.6 Å². The molecule has 1 aromatic heterocycles. The van der Waals surface area contributed by atoms with Crippen molar-refractivity contribution in [3.8, 4) is 0 Å². The van der Waals surface area contributed by atoms with Gasteiger partial charge in [0.25, 0.3) is 5.91 Å². The van der Waals surface area contributed by atoms with Crippen molar-refractivity contribution in [2.24, 2.45) is 5.92 Å². The van der Waals surface area contributed by atoms with Crippen molar-refractivity contribution < 1.29 is 9.59 Å². The zero-order valence-corrected chi connectivity index (χ0v) is 14.8. The van der Waals surface area contributed by atoms with Gasteiger partial charge >= 0.3 is 6.03 Å². The zero-order chi connectivity index (χ0) is 17.4. The fourth-order valence-electron chi connectivity index (χ4n) is 4.53. The van der Waals surface area contributed by atoms with Crippen molar-refractivity contribution >= 4 is 11.9 Å². The molecule has 1 aliphatic carbocycles. The van der Waals surface area contributed by atoms with Crippen LogP contribution in [0.3, 0.4) is 0 Å². The fourth-order valence-corrected chi connectivity index (χ4v) is 4.53. The minimum atomic E-state index is -0.646. The molecule has 0 unspecified atom stereocenters. The summed E-state index contributed by atoms with van der Waals surface area (Å²) in [4.78, 5) is 33.4. The van der Waals surface area contributed by atoms with Crippen molar-refractivity contribution in [3.63, 3.8) is 0 Å². The van der Waals surface area contributed by atoms with Crippen LogP contribution in [0.2, 0.25) is 0 Å². The highest BCUT2D eigenvalue weighted by atomic mass is 16.2. The lowest BCUT2D eigenvalue weighted by Gasteiger charge is -2.34. The molecule has 0 aromatic carbocycles. The minimum Gasteiger partial charge on any atom is -0.323 e. The molecule has 25 heavy (non-hydrogen) atoms. The average molecular weight is 342 g/mol. The number of rotatable bonds is 3. The number of nitrogens with one attached hydrogen (secondary N) is 1. The molecule has 2 aliphatic heterocycles. The molecule has 0 radical (unpaired) electrons. The highest BCUT2D eigenvalue weighted by Gasteiger charge is 2.52. The third kappa shape index (κ3) is 2.92. The molecule has 6 heteroatoms. The average Bonchev–Trinajstić information content (AvgIpc) is 3.18. The maximum absolute atomic E-state index is 13.0. The molecular formula is C19H26N4O2. The second-order valence-electron chi connectivity index (χ2n) is 7.83. The Morgan fingerprint density at radius 1 is 1.28 bits per heavy atom. The van der Waals surface area contributed by atoms with Gasteiger partial charge in [-0.05, 0) is 56.1 Å². The summed E-state index contributed by atoms with van der Waals surface area (Å²) in [5, 5.41) is 3.02. The lowest BCUT2D eigenvalue weighted by atomic mass is 9.77. The normalized spacial score (nSPS) is 33.2. The van der Waals surface area contributed by atoms with Crippen LogP contribution < -0.4 is 5.32 Å². The van der Waals surface area contributed by atoms with E-state index in [0.29, 0.717) is 12.6 Å². The molecule has 3 fully saturated rings. The number of pyridine rings is 1. The molecule has 1 aromatic rings. The van der Waals surface area contributed by atoms with Crippen LogP contribution in [-0.2, 0) is 4.79 Å². The second-order valence-corrected chi connectivity index (χ2v) is 7.83. The zero-order valence-electron chi connectivity index (χ0n) is 14.8. The number of hydrogen-bond acceptors (Lipinski definition) is 4. The highest BCUT2D eigenvalue weighted by molar-refractivity contribution is 6.07. The third-order valence-corrected chi connectivity index (χ3v) is 6.13. The van der Waals surface area contributed by atoms with E-state index < -0.39 is 5.54 Å². The van der Waals surface area contributed by atoms with Crippen LogP contribution in [0.15, 0.2) is 24.5 Å². The van der Waals surface area contributed by atoms with Gasteiger partial charge in [0.15, 0.2) is 0 Å². The van der Waals surface area contributed by atoms with Gasteiger partial charge < -0.3 is 5.32 Å². The molecule has 3 amide bonds. The van der Waals surface area contributed by atoms with Crippen molar-refractivity contribution in [1.29, 1.82) is 0 Å². The molecule has 1 spiro atoms. The van der Waals surface area contributed by atoms with Crippen LogP contribution in [0.1, 0.15) is 57.1 Å². The summed E-state index contributed by atoms with van der Waals surface area (Å²) in [5.41, 5.74) is 0.515. The van der Waals surface area contributed by atoms with Crippen molar-refractivity contribution in [2.75, 3.05) is 13.2 Å². The van der Waals surface area contributed by atoms with E-state index in [9.17, 15) is 9.59 Å². The van der Waals surface area contributed by atoms with Gasteiger partial charge in [0.1, 0.15) is 5.54 Å². The summed E-state index contributed by atoms with van der Waals surface area (Å²) >= 11 is 0. The first-order valence-corrected chi connectivity index (χ1v) is 9.37. The predicted octanol–water partition coefficient (Wildman–Crippen LogP) is 2.68. The minimum absolute atomic E-state index is 0.0266. The first-order valence-electron chi connectivity index (χ1n) is 9.37. The molecule has 1 saturated carbocycles. The van der Waals surface area contributed by atoms with Crippen molar-refractivity contribution in [3.05, 3.63) is 30.1 Å².